The zero-order chi connectivity index (χ0) is 16.7. The van der Waals surface area contributed by atoms with Crippen molar-refractivity contribution in [1.29, 1.82) is 0 Å². The van der Waals surface area contributed by atoms with Crippen LogP contribution in [0.3, 0.4) is 0 Å². The first-order chi connectivity index (χ1) is 11.6. The predicted octanol–water partition coefficient (Wildman–Crippen LogP) is 3.98. The van der Waals surface area contributed by atoms with Gasteiger partial charge in [0.05, 0.1) is 16.8 Å². The third-order valence-electron chi connectivity index (χ3n) is 4.28. The zero-order valence-electron chi connectivity index (χ0n) is 13.6. The third kappa shape index (κ3) is 3.01. The van der Waals surface area contributed by atoms with E-state index in [2.05, 4.69) is 28.4 Å². The Labute approximate surface area is 148 Å². The number of rotatable bonds is 3. The molecule has 0 saturated heterocycles. The van der Waals surface area contributed by atoms with Crippen molar-refractivity contribution in [2.24, 2.45) is 13.0 Å². The summed E-state index contributed by atoms with van der Waals surface area (Å²) in [6, 6.07) is 2.06. The number of hydrogen-bond donors (Lipinski definition) is 1. The molecule has 0 spiro atoms. The highest BCUT2D eigenvalue weighted by Gasteiger charge is 2.21. The highest BCUT2D eigenvalue weighted by atomic mass is 32.1. The van der Waals surface area contributed by atoms with Gasteiger partial charge in [0.1, 0.15) is 0 Å². The number of nitrogens with one attached hydrogen (secondary N) is 1. The molecule has 1 N–H and O–H groups in total. The normalized spacial score (nSPS) is 16.8. The summed E-state index contributed by atoms with van der Waals surface area (Å²) in [5, 5.41) is 9.64. The Hall–Kier alpha value is -1.99. The van der Waals surface area contributed by atoms with E-state index in [0.717, 1.165) is 29.0 Å². The minimum atomic E-state index is -0.0610. The molecule has 1 amide bonds. The fraction of sp³-hybridized carbons (Fsp3) is 0.353. The van der Waals surface area contributed by atoms with Crippen LogP contribution in [0.1, 0.15) is 33.5 Å². The molecule has 24 heavy (non-hydrogen) atoms. The van der Waals surface area contributed by atoms with Gasteiger partial charge in [-0.05, 0) is 36.8 Å². The van der Waals surface area contributed by atoms with E-state index < -0.39 is 0 Å². The molecule has 1 aliphatic carbocycles. The van der Waals surface area contributed by atoms with E-state index in [1.54, 1.807) is 22.2 Å². The molecule has 4 rings (SSSR count). The molecular formula is C17H18N4OS2. The largest absolute Gasteiger partial charge is 0.297 e. The van der Waals surface area contributed by atoms with Crippen LogP contribution in [0.2, 0.25) is 0 Å². The van der Waals surface area contributed by atoms with Gasteiger partial charge in [-0.15, -0.1) is 22.7 Å². The summed E-state index contributed by atoms with van der Waals surface area (Å²) in [5.74, 6) is 0.651. The van der Waals surface area contributed by atoms with Crippen molar-refractivity contribution >= 4 is 33.7 Å². The SMILES string of the molecule is CC1CCc2sc(C(=O)Nc3nc(-c4cnn(C)c4)cs3)cc2C1. The molecule has 5 nitrogen and oxygen atoms in total. The number of nitrogens with zero attached hydrogens (tertiary/aromatic N) is 3. The molecule has 0 bridgehead atoms. The Balaban J connectivity index is 1.49. The van der Waals surface area contributed by atoms with Gasteiger partial charge in [0, 0.05) is 29.1 Å². The van der Waals surface area contributed by atoms with E-state index in [1.807, 2.05) is 18.6 Å². The van der Waals surface area contributed by atoms with Crippen LogP contribution in [0.25, 0.3) is 11.3 Å². The number of hydrogen-bond acceptors (Lipinski definition) is 5. The van der Waals surface area contributed by atoms with Crippen LogP contribution in [0, 0.1) is 5.92 Å². The van der Waals surface area contributed by atoms with Crippen LogP contribution >= 0.6 is 22.7 Å². The van der Waals surface area contributed by atoms with Gasteiger partial charge in [-0.3, -0.25) is 14.8 Å². The van der Waals surface area contributed by atoms with E-state index in [0.29, 0.717) is 11.0 Å². The standard InChI is InChI=1S/C17H18N4OS2/c1-10-3-4-14-11(5-10)6-15(24-14)16(22)20-17-19-13(9-23-17)12-7-18-21(2)8-12/h6-10H,3-5H2,1-2H3,(H,19,20,22). The molecule has 0 radical (unpaired) electrons. The van der Waals surface area contributed by atoms with E-state index in [-0.39, 0.29) is 5.91 Å². The Morgan fingerprint density at radius 1 is 1.46 bits per heavy atom. The van der Waals surface area contributed by atoms with Crippen molar-refractivity contribution in [3.05, 3.63) is 39.2 Å². The minimum Gasteiger partial charge on any atom is -0.297 e. The summed E-state index contributed by atoms with van der Waals surface area (Å²) >= 11 is 3.06. The van der Waals surface area contributed by atoms with E-state index in [9.17, 15) is 4.79 Å². The summed E-state index contributed by atoms with van der Waals surface area (Å²) < 4.78 is 1.74. The monoisotopic (exact) mass is 358 g/mol. The lowest BCUT2D eigenvalue weighted by Crippen LogP contribution is -2.10. The first-order valence-electron chi connectivity index (χ1n) is 7.96. The number of anilines is 1. The Morgan fingerprint density at radius 3 is 3.12 bits per heavy atom. The van der Waals surface area contributed by atoms with Crippen LogP contribution in [0.5, 0.6) is 0 Å². The van der Waals surface area contributed by atoms with E-state index >= 15 is 0 Å². The molecule has 3 aromatic heterocycles. The maximum atomic E-state index is 12.5. The van der Waals surface area contributed by atoms with Gasteiger partial charge in [0.2, 0.25) is 0 Å². The highest BCUT2D eigenvalue weighted by Crippen LogP contribution is 2.33. The van der Waals surface area contributed by atoms with E-state index in [4.69, 9.17) is 0 Å². The second-order valence-corrected chi connectivity index (χ2v) is 8.30. The maximum Gasteiger partial charge on any atom is 0.267 e. The maximum absolute atomic E-state index is 12.5. The Kier molecular flexibility index (Phi) is 3.97. The molecule has 3 aromatic rings. The molecule has 0 aliphatic heterocycles. The minimum absolute atomic E-state index is 0.0610. The fourth-order valence-corrected chi connectivity index (χ4v) is 4.81. The summed E-state index contributed by atoms with van der Waals surface area (Å²) in [6.45, 7) is 2.27. The van der Waals surface area contributed by atoms with Gasteiger partial charge < -0.3 is 0 Å². The smallest absolute Gasteiger partial charge is 0.267 e. The lowest BCUT2D eigenvalue weighted by Gasteiger charge is -2.16. The summed E-state index contributed by atoms with van der Waals surface area (Å²) in [6.07, 6.45) is 7.08. The molecule has 1 unspecified atom stereocenters. The van der Waals surface area contributed by atoms with E-state index in [1.165, 1.54) is 28.2 Å². The molecule has 7 heteroatoms. The third-order valence-corrected chi connectivity index (χ3v) is 6.27. The number of carbonyl (C=O) groups is 1. The number of carbonyl (C=O) groups excluding carboxylic acids is 1. The Morgan fingerprint density at radius 2 is 2.33 bits per heavy atom. The number of aromatic nitrogens is 3. The van der Waals surface area contributed by atoms with Crippen LogP contribution in [0.15, 0.2) is 23.8 Å². The summed E-state index contributed by atoms with van der Waals surface area (Å²) in [5.41, 5.74) is 3.14. The van der Waals surface area contributed by atoms with Crippen molar-refractivity contribution in [2.45, 2.75) is 26.2 Å². The average molecular weight is 358 g/mol. The van der Waals surface area contributed by atoms with Crippen molar-refractivity contribution in [3.8, 4) is 11.3 Å². The topological polar surface area (TPSA) is 59.8 Å². The number of fused-ring (bicyclic) bond motifs is 1. The van der Waals surface area contributed by atoms with Crippen molar-refractivity contribution in [1.82, 2.24) is 14.8 Å². The molecule has 3 heterocycles. The summed E-state index contributed by atoms with van der Waals surface area (Å²) in [7, 11) is 1.87. The molecule has 1 atom stereocenters. The van der Waals surface area contributed by atoms with Crippen LogP contribution in [-0.4, -0.2) is 20.7 Å². The zero-order valence-corrected chi connectivity index (χ0v) is 15.2. The number of thiophene rings is 1. The second kappa shape index (κ2) is 6.14. The first kappa shape index (κ1) is 15.5. The fourth-order valence-electron chi connectivity index (χ4n) is 2.99. The highest BCUT2D eigenvalue weighted by molar-refractivity contribution is 7.15. The summed E-state index contributed by atoms with van der Waals surface area (Å²) in [4.78, 5) is 19.2. The van der Waals surface area contributed by atoms with Gasteiger partial charge in [-0.1, -0.05) is 6.92 Å². The van der Waals surface area contributed by atoms with Gasteiger partial charge >= 0.3 is 0 Å². The Bertz CT molecular complexity index is 892. The second-order valence-electron chi connectivity index (χ2n) is 6.30. The average Bonchev–Trinajstić information content (AvgIpc) is 3.25. The van der Waals surface area contributed by atoms with Crippen LogP contribution in [-0.2, 0) is 19.9 Å². The lowest BCUT2D eigenvalue weighted by molar-refractivity contribution is 0.103. The van der Waals surface area contributed by atoms with Crippen molar-refractivity contribution in [3.63, 3.8) is 0 Å². The van der Waals surface area contributed by atoms with Crippen LogP contribution in [0.4, 0.5) is 5.13 Å². The molecule has 0 aromatic carbocycles. The number of thiazole rings is 1. The number of amides is 1. The van der Waals surface area contributed by atoms with Gasteiger partial charge in [-0.25, -0.2) is 4.98 Å². The quantitative estimate of drug-likeness (QED) is 0.770. The molecular weight excluding hydrogens is 340 g/mol. The molecule has 1 aliphatic rings. The first-order valence-corrected chi connectivity index (χ1v) is 9.65. The van der Waals surface area contributed by atoms with Gasteiger partial charge in [0.15, 0.2) is 5.13 Å². The molecule has 0 saturated carbocycles. The molecule has 124 valence electrons. The van der Waals surface area contributed by atoms with Crippen LogP contribution < -0.4 is 5.32 Å². The lowest BCUT2D eigenvalue weighted by atomic mass is 9.90. The van der Waals surface area contributed by atoms with Crippen molar-refractivity contribution < 1.29 is 4.79 Å². The van der Waals surface area contributed by atoms with Gasteiger partial charge in [0.25, 0.3) is 5.91 Å². The predicted molar refractivity (Wildman–Crippen MR) is 97.8 cm³/mol. The molecule has 0 fully saturated rings. The van der Waals surface area contributed by atoms with Gasteiger partial charge in [-0.2, -0.15) is 5.10 Å². The van der Waals surface area contributed by atoms with Crippen molar-refractivity contribution in [2.75, 3.05) is 5.32 Å². The number of aryl methyl sites for hydroxylation is 2.